The lowest BCUT2D eigenvalue weighted by Crippen LogP contribution is -2.41. The molecule has 0 aliphatic carbocycles. The lowest BCUT2D eigenvalue weighted by Gasteiger charge is -2.20. The normalized spacial score (nSPS) is 13.1. The van der Waals surface area contributed by atoms with Gasteiger partial charge in [0.05, 0.1) is 23.7 Å². The Morgan fingerprint density at radius 3 is 2.43 bits per heavy atom. The van der Waals surface area contributed by atoms with Crippen LogP contribution in [0.5, 0.6) is 0 Å². The molecule has 148 valence electrons. The molecule has 2 rings (SSSR count). The van der Waals surface area contributed by atoms with Gasteiger partial charge in [0.1, 0.15) is 12.0 Å². The van der Waals surface area contributed by atoms with Gasteiger partial charge in [-0.3, -0.25) is 9.59 Å². The Balaban J connectivity index is 2.16. The number of carboxylic acids is 2. The van der Waals surface area contributed by atoms with E-state index in [1.807, 2.05) is 13.8 Å². The number of hydrogen-bond donors (Lipinski definition) is 3. The molecule has 0 spiro atoms. The Labute approximate surface area is 163 Å². The van der Waals surface area contributed by atoms with Crippen LogP contribution >= 0.6 is 0 Å². The molecular weight excluding hydrogens is 360 g/mol. The van der Waals surface area contributed by atoms with Crippen LogP contribution in [0, 0.1) is 17.2 Å². The Morgan fingerprint density at radius 1 is 1.21 bits per heavy atom. The molecule has 0 radical (unpaired) electrons. The van der Waals surface area contributed by atoms with Crippen molar-refractivity contribution in [2.45, 2.75) is 38.8 Å². The number of nitrogens with one attached hydrogen (secondary N) is 1. The minimum absolute atomic E-state index is 0.0158. The van der Waals surface area contributed by atoms with Crippen molar-refractivity contribution >= 4 is 11.9 Å². The Hall–Kier alpha value is -3.18. The number of carboxylic acid groups (broad SMARTS) is 2. The van der Waals surface area contributed by atoms with Crippen LogP contribution in [-0.4, -0.2) is 44.3 Å². The molecule has 2 unspecified atom stereocenters. The monoisotopic (exact) mass is 384 g/mol. The molecule has 2 atom stereocenters. The van der Waals surface area contributed by atoms with Crippen molar-refractivity contribution < 1.29 is 19.8 Å². The minimum atomic E-state index is -1.05. The molecule has 1 aromatic heterocycles. The van der Waals surface area contributed by atoms with Gasteiger partial charge in [-0.25, -0.2) is 4.98 Å². The largest absolute Gasteiger partial charge is 0.481 e. The summed E-state index contributed by atoms with van der Waals surface area (Å²) in [4.78, 5) is 27.3. The van der Waals surface area contributed by atoms with Gasteiger partial charge in [0.25, 0.3) is 0 Å². The first-order valence-electron chi connectivity index (χ1n) is 8.99. The summed E-state index contributed by atoms with van der Waals surface area (Å²) >= 11 is 0. The third-order valence-electron chi connectivity index (χ3n) is 4.41. The van der Waals surface area contributed by atoms with Crippen molar-refractivity contribution in [1.29, 1.82) is 5.26 Å². The molecular formula is C20H24N4O4. The fourth-order valence-electron chi connectivity index (χ4n) is 2.96. The van der Waals surface area contributed by atoms with Crippen molar-refractivity contribution in [3.05, 3.63) is 53.6 Å². The topological polar surface area (TPSA) is 128 Å². The molecule has 0 saturated carbocycles. The van der Waals surface area contributed by atoms with E-state index in [0.29, 0.717) is 24.2 Å². The van der Waals surface area contributed by atoms with Gasteiger partial charge in [0.15, 0.2) is 0 Å². The van der Waals surface area contributed by atoms with Crippen LogP contribution in [0.3, 0.4) is 0 Å². The summed E-state index contributed by atoms with van der Waals surface area (Å²) in [7, 11) is 0. The van der Waals surface area contributed by atoms with Crippen LogP contribution in [0.2, 0.25) is 0 Å². The molecule has 0 amide bonds. The molecule has 1 aromatic carbocycles. The molecule has 0 bridgehead atoms. The molecule has 1 heterocycles. The summed E-state index contributed by atoms with van der Waals surface area (Å²) in [5, 5.41) is 30.8. The highest BCUT2D eigenvalue weighted by molar-refractivity contribution is 5.76. The third kappa shape index (κ3) is 5.66. The number of benzene rings is 1. The van der Waals surface area contributed by atoms with Gasteiger partial charge in [0, 0.05) is 19.3 Å². The zero-order valence-corrected chi connectivity index (χ0v) is 15.9. The van der Waals surface area contributed by atoms with Gasteiger partial charge in [0.2, 0.25) is 0 Å². The van der Waals surface area contributed by atoms with E-state index >= 15 is 0 Å². The van der Waals surface area contributed by atoms with Crippen molar-refractivity contribution in [3.63, 3.8) is 0 Å². The highest BCUT2D eigenvalue weighted by Gasteiger charge is 2.27. The Kier molecular flexibility index (Phi) is 7.29. The van der Waals surface area contributed by atoms with E-state index in [9.17, 15) is 19.8 Å². The van der Waals surface area contributed by atoms with Gasteiger partial charge < -0.3 is 20.1 Å². The second kappa shape index (κ2) is 9.67. The molecule has 0 saturated heterocycles. The predicted octanol–water partition coefficient (Wildman–Crippen LogP) is 2.06. The maximum atomic E-state index is 11.8. The van der Waals surface area contributed by atoms with E-state index in [-0.39, 0.29) is 12.5 Å². The number of nitriles is 1. The molecule has 0 aliphatic heterocycles. The van der Waals surface area contributed by atoms with E-state index in [0.717, 1.165) is 5.56 Å². The van der Waals surface area contributed by atoms with Gasteiger partial charge >= 0.3 is 11.9 Å². The van der Waals surface area contributed by atoms with E-state index < -0.39 is 23.9 Å². The first-order chi connectivity index (χ1) is 13.3. The van der Waals surface area contributed by atoms with E-state index in [1.165, 1.54) is 6.20 Å². The fourth-order valence-corrected chi connectivity index (χ4v) is 2.96. The summed E-state index contributed by atoms with van der Waals surface area (Å²) in [5.74, 6) is -2.82. The fraction of sp³-hybridized carbons (Fsp3) is 0.400. The number of aliphatic carboxylic acids is 2. The van der Waals surface area contributed by atoms with Crippen LogP contribution in [0.1, 0.15) is 43.0 Å². The highest BCUT2D eigenvalue weighted by Crippen LogP contribution is 2.18. The average molecular weight is 384 g/mol. The maximum absolute atomic E-state index is 11.8. The molecule has 3 N–H and O–H groups in total. The number of hydrogen-bond acceptors (Lipinski definition) is 5. The number of aromatic nitrogens is 2. The number of imidazole rings is 1. The zero-order chi connectivity index (χ0) is 20.7. The highest BCUT2D eigenvalue weighted by atomic mass is 16.4. The van der Waals surface area contributed by atoms with Crippen LogP contribution in [0.4, 0.5) is 0 Å². The first kappa shape index (κ1) is 21.1. The van der Waals surface area contributed by atoms with Gasteiger partial charge in [-0.15, -0.1) is 0 Å². The van der Waals surface area contributed by atoms with Crippen LogP contribution < -0.4 is 5.32 Å². The minimum Gasteiger partial charge on any atom is -0.481 e. The smallest absolute Gasteiger partial charge is 0.320 e. The van der Waals surface area contributed by atoms with E-state index in [2.05, 4.69) is 16.4 Å². The molecule has 8 heteroatoms. The summed E-state index contributed by atoms with van der Waals surface area (Å²) < 4.78 is 1.72. The molecule has 28 heavy (non-hydrogen) atoms. The zero-order valence-electron chi connectivity index (χ0n) is 15.9. The molecule has 8 nitrogen and oxygen atoms in total. The van der Waals surface area contributed by atoms with Crippen molar-refractivity contribution in [2.75, 3.05) is 6.54 Å². The quantitative estimate of drug-likeness (QED) is 0.572. The first-order valence-corrected chi connectivity index (χ1v) is 8.99. The predicted molar refractivity (Wildman–Crippen MR) is 102 cm³/mol. The molecule has 0 aliphatic rings. The number of rotatable bonds is 10. The van der Waals surface area contributed by atoms with Gasteiger partial charge in [-0.05, 0) is 30.0 Å². The standard InChI is InChI=1S/C20H24N4O4/c1-13(2)7-17(20(27)28)23-9-16(19(25)26)18-10-22-12-24(18)11-15-5-3-14(8-21)4-6-15/h3-6,10,12-13,16-17,23H,7,9,11H2,1-2H3,(H,25,26)(H,27,28). The summed E-state index contributed by atoms with van der Waals surface area (Å²) in [6.07, 6.45) is 3.45. The summed E-state index contributed by atoms with van der Waals surface area (Å²) in [5.41, 5.74) is 1.93. The summed E-state index contributed by atoms with van der Waals surface area (Å²) in [6.45, 7) is 4.22. The summed E-state index contributed by atoms with van der Waals surface area (Å²) in [6, 6.07) is 8.26. The SMILES string of the molecule is CC(C)CC(NCC(C(=O)O)c1cncn1Cc1ccc(C#N)cc1)C(=O)O. The van der Waals surface area contributed by atoms with E-state index in [1.54, 1.807) is 35.2 Å². The van der Waals surface area contributed by atoms with Crippen LogP contribution in [-0.2, 0) is 16.1 Å². The van der Waals surface area contributed by atoms with E-state index in [4.69, 9.17) is 5.26 Å². The third-order valence-corrected chi connectivity index (χ3v) is 4.41. The van der Waals surface area contributed by atoms with Crippen molar-refractivity contribution in [3.8, 4) is 6.07 Å². The van der Waals surface area contributed by atoms with Gasteiger partial charge in [-0.1, -0.05) is 26.0 Å². The Bertz CT molecular complexity index is 852. The van der Waals surface area contributed by atoms with Crippen LogP contribution in [0.25, 0.3) is 0 Å². The lowest BCUT2D eigenvalue weighted by atomic mass is 10.0. The maximum Gasteiger partial charge on any atom is 0.320 e. The van der Waals surface area contributed by atoms with Crippen LogP contribution in [0.15, 0.2) is 36.8 Å². The lowest BCUT2D eigenvalue weighted by molar-refractivity contribution is -0.142. The van der Waals surface area contributed by atoms with Crippen molar-refractivity contribution in [2.24, 2.45) is 5.92 Å². The molecule has 0 fully saturated rings. The second-order valence-corrected chi connectivity index (χ2v) is 7.07. The number of nitrogens with zero attached hydrogens (tertiary/aromatic N) is 3. The number of carbonyl (C=O) groups is 2. The second-order valence-electron chi connectivity index (χ2n) is 7.07. The molecule has 2 aromatic rings. The Morgan fingerprint density at radius 2 is 1.89 bits per heavy atom. The average Bonchev–Trinajstić information content (AvgIpc) is 3.08. The van der Waals surface area contributed by atoms with Crippen molar-refractivity contribution in [1.82, 2.24) is 14.9 Å². The van der Waals surface area contributed by atoms with Gasteiger partial charge in [-0.2, -0.15) is 5.26 Å².